The first kappa shape index (κ1) is 15.3. The van der Waals surface area contributed by atoms with E-state index in [1.165, 1.54) is 5.56 Å². The molecule has 0 atom stereocenters. The van der Waals surface area contributed by atoms with E-state index in [1.807, 2.05) is 42.9 Å². The Balaban J connectivity index is 1.88. The number of fused-ring (bicyclic) bond motifs is 1. The largest absolute Gasteiger partial charge is 0.366 e. The highest BCUT2D eigenvalue weighted by Gasteiger charge is 2.10. The molecule has 0 radical (unpaired) electrons. The number of nitrogens with zero attached hydrogens (tertiary/aromatic N) is 3. The fourth-order valence-electron chi connectivity index (χ4n) is 2.51. The Labute approximate surface area is 142 Å². The Hall–Kier alpha value is -1.59. The molecule has 3 aromatic rings. The van der Waals surface area contributed by atoms with Crippen molar-refractivity contribution in [2.75, 3.05) is 5.32 Å². The second kappa shape index (κ2) is 5.89. The Morgan fingerprint density at radius 1 is 1.27 bits per heavy atom. The van der Waals surface area contributed by atoms with Gasteiger partial charge < -0.3 is 5.32 Å². The van der Waals surface area contributed by atoms with E-state index in [4.69, 9.17) is 11.6 Å². The molecule has 0 saturated heterocycles. The lowest BCUT2D eigenvalue weighted by Crippen LogP contribution is -2.04. The molecule has 2 aromatic heterocycles. The van der Waals surface area contributed by atoms with Crippen LogP contribution in [0.3, 0.4) is 0 Å². The molecular formula is C16H16BrClN4. The molecule has 114 valence electrons. The van der Waals surface area contributed by atoms with E-state index in [0.29, 0.717) is 11.6 Å². The number of benzene rings is 1. The molecule has 1 N–H and O–H groups in total. The van der Waals surface area contributed by atoms with Gasteiger partial charge in [0, 0.05) is 34.7 Å². The highest BCUT2D eigenvalue weighted by Crippen LogP contribution is 2.28. The van der Waals surface area contributed by atoms with Crippen LogP contribution >= 0.6 is 27.5 Å². The van der Waals surface area contributed by atoms with Crippen molar-refractivity contribution in [1.29, 1.82) is 0 Å². The zero-order valence-corrected chi connectivity index (χ0v) is 15.0. The second-order valence-corrected chi connectivity index (χ2v) is 6.61. The van der Waals surface area contributed by atoms with Crippen LogP contribution in [0.5, 0.6) is 0 Å². The van der Waals surface area contributed by atoms with Crippen LogP contribution < -0.4 is 5.32 Å². The molecule has 0 aliphatic heterocycles. The van der Waals surface area contributed by atoms with Crippen LogP contribution in [-0.2, 0) is 13.6 Å². The summed E-state index contributed by atoms with van der Waals surface area (Å²) in [5.41, 5.74) is 4.20. The number of aryl methyl sites for hydroxylation is 2. The van der Waals surface area contributed by atoms with E-state index in [0.717, 1.165) is 32.6 Å². The summed E-state index contributed by atoms with van der Waals surface area (Å²) in [4.78, 5) is 4.61. The third-order valence-corrected chi connectivity index (χ3v) is 4.56. The smallest absolute Gasteiger partial charge is 0.126 e. The number of nitrogens with one attached hydrogen (secondary N) is 1. The maximum absolute atomic E-state index is 6.27. The van der Waals surface area contributed by atoms with Gasteiger partial charge in [-0.15, -0.1) is 0 Å². The lowest BCUT2D eigenvalue weighted by Gasteiger charge is -2.08. The minimum Gasteiger partial charge on any atom is -0.366 e. The van der Waals surface area contributed by atoms with Crippen molar-refractivity contribution >= 4 is 44.3 Å². The number of pyridine rings is 1. The Bertz CT molecular complexity index is 857. The first-order valence-electron chi connectivity index (χ1n) is 6.94. The average Bonchev–Trinajstić information content (AvgIpc) is 2.70. The summed E-state index contributed by atoms with van der Waals surface area (Å²) in [7, 11) is 1.96. The molecule has 22 heavy (non-hydrogen) atoms. The monoisotopic (exact) mass is 378 g/mol. The minimum atomic E-state index is 0.641. The number of halogens is 2. The maximum atomic E-state index is 6.27. The van der Waals surface area contributed by atoms with Gasteiger partial charge in [-0.1, -0.05) is 27.5 Å². The first-order valence-corrected chi connectivity index (χ1v) is 8.11. The Morgan fingerprint density at radius 2 is 2.05 bits per heavy atom. The van der Waals surface area contributed by atoms with Gasteiger partial charge in [0.1, 0.15) is 5.82 Å². The van der Waals surface area contributed by atoms with Gasteiger partial charge >= 0.3 is 0 Å². The molecule has 0 aliphatic carbocycles. The maximum Gasteiger partial charge on any atom is 0.126 e. The van der Waals surface area contributed by atoms with E-state index < -0.39 is 0 Å². The molecule has 0 spiro atoms. The molecule has 0 fully saturated rings. The van der Waals surface area contributed by atoms with Crippen LogP contribution in [0.15, 0.2) is 28.7 Å². The molecule has 2 heterocycles. The van der Waals surface area contributed by atoms with Gasteiger partial charge in [-0.3, -0.25) is 4.68 Å². The van der Waals surface area contributed by atoms with Crippen molar-refractivity contribution < 1.29 is 0 Å². The molecule has 0 bridgehead atoms. The van der Waals surface area contributed by atoms with Crippen molar-refractivity contribution in [3.05, 3.63) is 50.7 Å². The van der Waals surface area contributed by atoms with Gasteiger partial charge in [0.25, 0.3) is 0 Å². The summed E-state index contributed by atoms with van der Waals surface area (Å²) in [5, 5.41) is 9.43. The lowest BCUT2D eigenvalue weighted by molar-refractivity contribution is 0.730. The molecule has 1 aromatic carbocycles. The number of hydrogen-bond donors (Lipinski definition) is 1. The summed E-state index contributed by atoms with van der Waals surface area (Å²) >= 11 is 9.72. The molecule has 0 unspecified atom stereocenters. The molecule has 0 aliphatic rings. The predicted octanol–water partition coefficient (Wildman–Crippen LogP) is 4.61. The summed E-state index contributed by atoms with van der Waals surface area (Å²) in [6.07, 6.45) is 0. The third-order valence-electron chi connectivity index (χ3n) is 3.82. The van der Waals surface area contributed by atoms with E-state index >= 15 is 0 Å². The summed E-state index contributed by atoms with van der Waals surface area (Å²) in [6.45, 7) is 4.78. The molecular weight excluding hydrogens is 364 g/mol. The highest BCUT2D eigenvalue weighted by molar-refractivity contribution is 9.10. The fraction of sp³-hybridized carbons (Fsp3) is 0.250. The molecule has 6 heteroatoms. The minimum absolute atomic E-state index is 0.641. The zero-order chi connectivity index (χ0) is 15.9. The van der Waals surface area contributed by atoms with Crippen LogP contribution in [0.4, 0.5) is 5.82 Å². The van der Waals surface area contributed by atoms with Gasteiger partial charge in [0.2, 0.25) is 0 Å². The first-order chi connectivity index (χ1) is 10.5. The SMILES string of the molecule is Cc1nn(C)c(C)c1CNc1ccc2cc(Br)cc(Cl)c2n1. The van der Waals surface area contributed by atoms with Gasteiger partial charge in [-0.25, -0.2) is 4.98 Å². The van der Waals surface area contributed by atoms with Crippen LogP contribution in [0.2, 0.25) is 5.02 Å². The van der Waals surface area contributed by atoms with Crippen molar-refractivity contribution in [2.24, 2.45) is 7.05 Å². The topological polar surface area (TPSA) is 42.7 Å². The zero-order valence-electron chi connectivity index (χ0n) is 12.6. The summed E-state index contributed by atoms with van der Waals surface area (Å²) in [5.74, 6) is 0.805. The van der Waals surface area contributed by atoms with Gasteiger partial charge in [0.15, 0.2) is 0 Å². The number of aromatic nitrogens is 3. The number of anilines is 1. The third kappa shape index (κ3) is 2.83. The van der Waals surface area contributed by atoms with Crippen molar-refractivity contribution in [3.8, 4) is 0 Å². The Kier molecular flexibility index (Phi) is 4.10. The predicted molar refractivity (Wildman–Crippen MR) is 94.5 cm³/mol. The molecule has 0 saturated carbocycles. The quantitative estimate of drug-likeness (QED) is 0.722. The second-order valence-electron chi connectivity index (χ2n) is 5.28. The van der Waals surface area contributed by atoms with Gasteiger partial charge in [-0.2, -0.15) is 5.10 Å². The van der Waals surface area contributed by atoms with Crippen LogP contribution in [0.25, 0.3) is 10.9 Å². The fourth-order valence-corrected chi connectivity index (χ4v) is 3.38. The van der Waals surface area contributed by atoms with Gasteiger partial charge in [0.05, 0.1) is 16.2 Å². The van der Waals surface area contributed by atoms with Crippen LogP contribution in [-0.4, -0.2) is 14.8 Å². The summed E-state index contributed by atoms with van der Waals surface area (Å²) in [6, 6.07) is 7.85. The van der Waals surface area contributed by atoms with E-state index in [-0.39, 0.29) is 0 Å². The Morgan fingerprint density at radius 3 is 2.73 bits per heavy atom. The number of rotatable bonds is 3. The van der Waals surface area contributed by atoms with Crippen molar-refractivity contribution in [2.45, 2.75) is 20.4 Å². The lowest BCUT2D eigenvalue weighted by atomic mass is 10.2. The number of hydrogen-bond acceptors (Lipinski definition) is 3. The van der Waals surface area contributed by atoms with E-state index in [1.54, 1.807) is 0 Å². The summed E-state index contributed by atoms with van der Waals surface area (Å²) < 4.78 is 2.85. The average molecular weight is 380 g/mol. The van der Waals surface area contributed by atoms with Gasteiger partial charge in [-0.05, 0) is 38.1 Å². The standard InChI is InChI=1S/C16H16BrClN4/c1-9-13(10(2)22(3)21-9)8-19-15-5-4-11-6-12(17)7-14(18)16(11)20-15/h4-7H,8H2,1-3H3,(H,19,20). The van der Waals surface area contributed by atoms with Crippen molar-refractivity contribution in [1.82, 2.24) is 14.8 Å². The highest BCUT2D eigenvalue weighted by atomic mass is 79.9. The molecule has 0 amide bonds. The van der Waals surface area contributed by atoms with E-state index in [9.17, 15) is 0 Å². The molecule has 3 rings (SSSR count). The van der Waals surface area contributed by atoms with Crippen molar-refractivity contribution in [3.63, 3.8) is 0 Å². The van der Waals surface area contributed by atoms with Crippen LogP contribution in [0.1, 0.15) is 17.0 Å². The van der Waals surface area contributed by atoms with E-state index in [2.05, 4.69) is 38.3 Å². The van der Waals surface area contributed by atoms with Crippen LogP contribution in [0, 0.1) is 13.8 Å². The molecule has 4 nitrogen and oxygen atoms in total. The normalized spacial score (nSPS) is 11.1.